The molecule has 0 amide bonds. The van der Waals surface area contributed by atoms with Gasteiger partial charge in [-0.3, -0.25) is 4.90 Å². The molecule has 2 aliphatic heterocycles. The Morgan fingerprint density at radius 3 is 2.42 bits per heavy atom. The molecule has 0 unspecified atom stereocenters. The van der Waals surface area contributed by atoms with Crippen LogP contribution in [0.4, 0.5) is 0 Å². The summed E-state index contributed by atoms with van der Waals surface area (Å²) in [6.45, 7) is 5.40. The summed E-state index contributed by atoms with van der Waals surface area (Å²) in [6.07, 6.45) is 6.96. The van der Waals surface area contributed by atoms with Gasteiger partial charge in [0.05, 0.1) is 17.6 Å². The second-order valence-corrected chi connectivity index (χ2v) is 8.73. The highest BCUT2D eigenvalue weighted by Gasteiger charge is 2.23. The van der Waals surface area contributed by atoms with Crippen molar-refractivity contribution in [1.82, 2.24) is 25.2 Å². The van der Waals surface area contributed by atoms with Gasteiger partial charge in [-0.25, -0.2) is 9.97 Å². The Hall–Kier alpha value is -1.70. The van der Waals surface area contributed by atoms with Gasteiger partial charge in [0.2, 0.25) is 0 Å². The lowest BCUT2D eigenvalue weighted by molar-refractivity contribution is -0.0539. The van der Waals surface area contributed by atoms with E-state index in [1.807, 2.05) is 6.07 Å². The molecular weight excluding hydrogens is 433 g/mol. The van der Waals surface area contributed by atoms with E-state index in [4.69, 9.17) is 16.3 Å². The van der Waals surface area contributed by atoms with Crippen LogP contribution < -0.4 is 5.32 Å². The number of hydrogen-bond acceptors (Lipinski definition) is 5. The van der Waals surface area contributed by atoms with Gasteiger partial charge in [-0.1, -0.05) is 35.9 Å². The lowest BCUT2D eigenvalue weighted by atomic mass is 10.0. The number of halogens is 2. The monoisotopic (exact) mass is 461 g/mol. The Balaban J connectivity index is 0.00000231. The van der Waals surface area contributed by atoms with E-state index in [-0.39, 0.29) is 12.4 Å². The average molecular weight is 462 g/mol. The summed E-state index contributed by atoms with van der Waals surface area (Å²) in [5.74, 6) is 0. The standard InChI is InChI=1S/C23H28ClN5O.ClH/c24-22-20-13-21(28-23(20)27-15-26-22)17-3-1-16(2-4-17)14-29-11-7-19(8-12-29)30-18-5-9-25-10-6-18;/h1-4,13,15,18-19,25H,5-12,14H2,(H,26,27,28);1H. The third kappa shape index (κ3) is 5.38. The van der Waals surface area contributed by atoms with Gasteiger partial charge >= 0.3 is 0 Å². The second-order valence-electron chi connectivity index (χ2n) is 8.37. The molecule has 4 heterocycles. The molecule has 1 aromatic carbocycles. The minimum atomic E-state index is 0. The molecule has 2 aliphatic rings. The van der Waals surface area contributed by atoms with Crippen LogP contribution in [-0.4, -0.2) is 58.2 Å². The van der Waals surface area contributed by atoms with Gasteiger partial charge in [0.25, 0.3) is 0 Å². The SMILES string of the molecule is Cl.Clc1ncnc2[nH]c(-c3ccc(CN4CCC(OC5CCNCC5)CC4)cc3)cc12. The summed E-state index contributed by atoms with van der Waals surface area (Å²) in [5, 5.41) is 4.74. The highest BCUT2D eigenvalue weighted by Crippen LogP contribution is 2.27. The van der Waals surface area contributed by atoms with Gasteiger partial charge in [0.1, 0.15) is 17.1 Å². The Labute approximate surface area is 194 Å². The summed E-state index contributed by atoms with van der Waals surface area (Å²) < 4.78 is 6.34. The maximum absolute atomic E-state index is 6.34. The molecule has 2 fully saturated rings. The van der Waals surface area contributed by atoms with Crippen LogP contribution >= 0.6 is 24.0 Å². The highest BCUT2D eigenvalue weighted by molar-refractivity contribution is 6.34. The van der Waals surface area contributed by atoms with Crippen LogP contribution in [0.1, 0.15) is 31.2 Å². The van der Waals surface area contributed by atoms with Crippen LogP contribution in [0.2, 0.25) is 5.15 Å². The van der Waals surface area contributed by atoms with Crippen LogP contribution in [0, 0.1) is 0 Å². The van der Waals surface area contributed by atoms with Gasteiger partial charge in [0, 0.05) is 25.3 Å². The van der Waals surface area contributed by atoms with Crippen molar-refractivity contribution in [2.75, 3.05) is 26.2 Å². The largest absolute Gasteiger partial charge is 0.375 e. The van der Waals surface area contributed by atoms with Crippen LogP contribution in [0.3, 0.4) is 0 Å². The van der Waals surface area contributed by atoms with Crippen LogP contribution in [-0.2, 0) is 11.3 Å². The number of aromatic amines is 1. The van der Waals surface area contributed by atoms with E-state index in [0.717, 1.165) is 80.7 Å². The van der Waals surface area contributed by atoms with Crippen molar-refractivity contribution in [3.05, 3.63) is 47.4 Å². The predicted octanol–water partition coefficient (Wildman–Crippen LogP) is 4.43. The van der Waals surface area contributed by atoms with Crippen LogP contribution in [0.5, 0.6) is 0 Å². The minimum Gasteiger partial charge on any atom is -0.375 e. The summed E-state index contributed by atoms with van der Waals surface area (Å²) in [7, 11) is 0. The first-order valence-corrected chi connectivity index (χ1v) is 11.3. The first-order chi connectivity index (χ1) is 14.7. The highest BCUT2D eigenvalue weighted by atomic mass is 35.5. The molecule has 2 N–H and O–H groups in total. The quantitative estimate of drug-likeness (QED) is 0.549. The Morgan fingerprint density at radius 2 is 1.71 bits per heavy atom. The first kappa shape index (κ1) is 22.5. The average Bonchev–Trinajstić information content (AvgIpc) is 3.22. The van der Waals surface area contributed by atoms with Crippen molar-refractivity contribution in [3.8, 4) is 11.3 Å². The summed E-state index contributed by atoms with van der Waals surface area (Å²) in [5.41, 5.74) is 4.24. The third-order valence-corrected chi connectivity index (χ3v) is 6.56. The molecule has 0 aliphatic carbocycles. The summed E-state index contributed by atoms with van der Waals surface area (Å²) in [6, 6.07) is 10.8. The molecule has 166 valence electrons. The second kappa shape index (κ2) is 10.3. The van der Waals surface area contributed by atoms with Crippen LogP contribution in [0.25, 0.3) is 22.3 Å². The number of rotatable bonds is 5. The minimum absolute atomic E-state index is 0. The Morgan fingerprint density at radius 1 is 1.00 bits per heavy atom. The molecule has 31 heavy (non-hydrogen) atoms. The fraction of sp³-hybridized carbons (Fsp3) is 0.478. The molecule has 0 atom stereocenters. The summed E-state index contributed by atoms with van der Waals surface area (Å²) >= 11 is 6.17. The number of aromatic nitrogens is 3. The first-order valence-electron chi connectivity index (χ1n) is 10.9. The number of fused-ring (bicyclic) bond motifs is 1. The maximum Gasteiger partial charge on any atom is 0.142 e. The predicted molar refractivity (Wildman–Crippen MR) is 127 cm³/mol. The lowest BCUT2D eigenvalue weighted by Gasteiger charge is -2.35. The number of ether oxygens (including phenoxy) is 1. The Kier molecular flexibility index (Phi) is 7.46. The fourth-order valence-corrected chi connectivity index (χ4v) is 4.71. The molecule has 0 radical (unpaired) electrons. The fourth-order valence-electron chi connectivity index (χ4n) is 4.52. The van der Waals surface area contributed by atoms with Crippen molar-refractivity contribution >= 4 is 35.0 Å². The van der Waals surface area contributed by atoms with Crippen molar-refractivity contribution in [1.29, 1.82) is 0 Å². The molecule has 2 aromatic heterocycles. The number of H-pyrrole nitrogens is 1. The molecule has 0 bridgehead atoms. The smallest absolute Gasteiger partial charge is 0.142 e. The van der Waals surface area contributed by atoms with Crippen molar-refractivity contribution in [2.24, 2.45) is 0 Å². The normalized spacial score (nSPS) is 18.9. The molecule has 2 saturated heterocycles. The molecule has 6 nitrogen and oxygen atoms in total. The van der Waals surface area contributed by atoms with E-state index >= 15 is 0 Å². The molecule has 5 rings (SSSR count). The zero-order valence-electron chi connectivity index (χ0n) is 17.5. The van der Waals surface area contributed by atoms with Crippen molar-refractivity contribution in [3.63, 3.8) is 0 Å². The number of nitrogens with one attached hydrogen (secondary N) is 2. The third-order valence-electron chi connectivity index (χ3n) is 6.25. The van der Waals surface area contributed by atoms with Gasteiger partial charge in [-0.05, 0) is 56.0 Å². The van der Waals surface area contributed by atoms with E-state index < -0.39 is 0 Å². The topological polar surface area (TPSA) is 66.1 Å². The molecule has 0 saturated carbocycles. The van der Waals surface area contributed by atoms with E-state index in [2.05, 4.69) is 49.4 Å². The van der Waals surface area contributed by atoms with Gasteiger partial charge in [0.15, 0.2) is 0 Å². The number of nitrogens with zero attached hydrogens (tertiary/aromatic N) is 3. The molecule has 8 heteroatoms. The van der Waals surface area contributed by atoms with Crippen molar-refractivity contribution < 1.29 is 4.74 Å². The van der Waals surface area contributed by atoms with E-state index in [1.54, 1.807) is 0 Å². The zero-order chi connectivity index (χ0) is 20.3. The molecule has 0 spiro atoms. The zero-order valence-corrected chi connectivity index (χ0v) is 19.1. The number of hydrogen-bond donors (Lipinski definition) is 2. The van der Waals surface area contributed by atoms with Gasteiger partial charge in [-0.2, -0.15) is 0 Å². The van der Waals surface area contributed by atoms with Crippen LogP contribution in [0.15, 0.2) is 36.7 Å². The molecular formula is C23H29Cl2N5O. The van der Waals surface area contributed by atoms with Gasteiger partial charge in [-0.15, -0.1) is 12.4 Å². The lowest BCUT2D eigenvalue weighted by Crippen LogP contribution is -2.40. The van der Waals surface area contributed by atoms with E-state index in [1.165, 1.54) is 11.9 Å². The number of benzene rings is 1. The maximum atomic E-state index is 6.34. The number of piperidine rings is 2. The molecule has 3 aromatic rings. The summed E-state index contributed by atoms with van der Waals surface area (Å²) in [4.78, 5) is 14.2. The van der Waals surface area contributed by atoms with Gasteiger partial charge < -0.3 is 15.0 Å². The van der Waals surface area contributed by atoms with E-state index in [0.29, 0.717) is 17.4 Å². The Bertz CT molecular complexity index is 979. The number of likely N-dealkylation sites (tertiary alicyclic amines) is 1. The van der Waals surface area contributed by atoms with Crippen molar-refractivity contribution in [2.45, 2.75) is 44.4 Å². The van der Waals surface area contributed by atoms with E-state index in [9.17, 15) is 0 Å².